The van der Waals surface area contributed by atoms with E-state index in [1.54, 1.807) is 0 Å². The molecular weight excluding hydrogens is 224 g/mol. The molecule has 0 radical (unpaired) electrons. The Morgan fingerprint density at radius 3 is 2.44 bits per heavy atom. The van der Waals surface area contributed by atoms with Gasteiger partial charge in [-0.05, 0) is 42.9 Å². The highest BCUT2D eigenvalue weighted by Crippen LogP contribution is 2.25. The first kappa shape index (κ1) is 12.9. The lowest BCUT2D eigenvalue weighted by Gasteiger charge is -2.19. The predicted molar refractivity (Wildman–Crippen MR) is 75.1 cm³/mol. The van der Waals surface area contributed by atoms with Crippen LogP contribution < -0.4 is 5.63 Å². The Kier molecular flexibility index (Phi) is 3.05. The molecule has 0 amide bonds. The summed E-state index contributed by atoms with van der Waals surface area (Å²) in [5.41, 5.74) is 3.54. The molecule has 2 rings (SSSR count). The maximum absolute atomic E-state index is 12.1. The zero-order valence-electron chi connectivity index (χ0n) is 11.8. The van der Waals surface area contributed by atoms with Gasteiger partial charge in [0.2, 0.25) is 0 Å². The highest BCUT2D eigenvalue weighted by atomic mass is 16.4. The Morgan fingerprint density at radius 2 is 1.83 bits per heavy atom. The monoisotopic (exact) mass is 244 g/mol. The van der Waals surface area contributed by atoms with Gasteiger partial charge in [0, 0.05) is 10.9 Å². The summed E-state index contributed by atoms with van der Waals surface area (Å²) in [7, 11) is 0. The molecule has 2 heteroatoms. The van der Waals surface area contributed by atoms with Crippen LogP contribution in [0.2, 0.25) is 0 Å². The topological polar surface area (TPSA) is 30.2 Å². The zero-order chi connectivity index (χ0) is 13.5. The van der Waals surface area contributed by atoms with Crippen LogP contribution in [0, 0.1) is 19.3 Å². The molecule has 1 aromatic carbocycles. The van der Waals surface area contributed by atoms with Crippen molar-refractivity contribution in [3.05, 3.63) is 45.3 Å². The smallest absolute Gasteiger partial charge is 0.339 e. The van der Waals surface area contributed by atoms with Crippen molar-refractivity contribution in [1.29, 1.82) is 0 Å². The van der Waals surface area contributed by atoms with Gasteiger partial charge in [-0.1, -0.05) is 32.9 Å². The van der Waals surface area contributed by atoms with Crippen molar-refractivity contribution >= 4 is 11.0 Å². The summed E-state index contributed by atoms with van der Waals surface area (Å²) in [6, 6.07) is 6.01. The molecule has 0 atom stereocenters. The lowest BCUT2D eigenvalue weighted by Crippen LogP contribution is -2.18. The maximum atomic E-state index is 12.1. The minimum Gasteiger partial charge on any atom is -0.423 e. The first-order chi connectivity index (χ1) is 8.28. The van der Waals surface area contributed by atoms with Crippen LogP contribution in [-0.2, 0) is 6.42 Å². The van der Waals surface area contributed by atoms with Crippen LogP contribution in [0.25, 0.3) is 11.0 Å². The van der Waals surface area contributed by atoms with Crippen molar-refractivity contribution in [3.8, 4) is 0 Å². The molecule has 0 aliphatic heterocycles. The third-order valence-electron chi connectivity index (χ3n) is 3.15. The summed E-state index contributed by atoms with van der Waals surface area (Å²) in [5, 5.41) is 1.04. The van der Waals surface area contributed by atoms with E-state index >= 15 is 0 Å². The summed E-state index contributed by atoms with van der Waals surface area (Å²) in [5.74, 6) is 0. The molecule has 0 saturated carbocycles. The number of aryl methyl sites for hydroxylation is 2. The van der Waals surface area contributed by atoms with Crippen molar-refractivity contribution in [3.63, 3.8) is 0 Å². The van der Waals surface area contributed by atoms with E-state index in [4.69, 9.17) is 4.42 Å². The SMILES string of the molecule is Cc1ccc2c(C)c(CC(C)(C)C)c(=O)oc2c1. The van der Waals surface area contributed by atoms with E-state index in [1.165, 1.54) is 0 Å². The summed E-state index contributed by atoms with van der Waals surface area (Å²) in [4.78, 5) is 12.1. The average Bonchev–Trinajstić information content (AvgIpc) is 2.22. The fraction of sp³-hybridized carbons (Fsp3) is 0.438. The molecule has 18 heavy (non-hydrogen) atoms. The second-order valence-corrected chi connectivity index (χ2v) is 6.23. The van der Waals surface area contributed by atoms with Gasteiger partial charge < -0.3 is 4.42 Å². The minimum absolute atomic E-state index is 0.0812. The quantitative estimate of drug-likeness (QED) is 0.710. The number of fused-ring (bicyclic) bond motifs is 1. The van der Waals surface area contributed by atoms with Gasteiger partial charge in [0.1, 0.15) is 5.58 Å². The van der Waals surface area contributed by atoms with Crippen LogP contribution in [0.15, 0.2) is 27.4 Å². The number of hydrogen-bond acceptors (Lipinski definition) is 2. The molecule has 0 N–H and O–H groups in total. The van der Waals surface area contributed by atoms with E-state index in [9.17, 15) is 4.79 Å². The molecule has 1 heterocycles. The lowest BCUT2D eigenvalue weighted by molar-refractivity contribution is 0.400. The molecule has 2 aromatic rings. The third-order valence-corrected chi connectivity index (χ3v) is 3.15. The number of benzene rings is 1. The van der Waals surface area contributed by atoms with Gasteiger partial charge >= 0.3 is 5.63 Å². The van der Waals surface area contributed by atoms with Crippen molar-refractivity contribution < 1.29 is 4.42 Å². The van der Waals surface area contributed by atoms with Gasteiger partial charge in [-0.15, -0.1) is 0 Å². The van der Waals surface area contributed by atoms with E-state index < -0.39 is 0 Å². The Hall–Kier alpha value is -1.57. The van der Waals surface area contributed by atoms with Crippen LogP contribution in [0.1, 0.15) is 37.5 Å². The molecule has 0 aliphatic rings. The molecule has 0 spiro atoms. The number of hydrogen-bond donors (Lipinski definition) is 0. The van der Waals surface area contributed by atoms with Crippen LogP contribution >= 0.6 is 0 Å². The standard InChI is InChI=1S/C16H20O2/c1-10-6-7-12-11(2)13(9-16(3,4)5)15(17)18-14(12)8-10/h6-8H,9H2,1-5H3. The second kappa shape index (κ2) is 4.27. The molecule has 0 unspecified atom stereocenters. The van der Waals surface area contributed by atoms with Gasteiger partial charge in [-0.2, -0.15) is 0 Å². The second-order valence-electron chi connectivity index (χ2n) is 6.23. The Bertz CT molecular complexity index is 642. The molecule has 0 fully saturated rings. The number of rotatable bonds is 1. The highest BCUT2D eigenvalue weighted by Gasteiger charge is 2.18. The molecule has 0 aliphatic carbocycles. The Labute approximate surface area is 108 Å². The zero-order valence-corrected chi connectivity index (χ0v) is 11.8. The first-order valence-corrected chi connectivity index (χ1v) is 6.31. The highest BCUT2D eigenvalue weighted by molar-refractivity contribution is 5.81. The van der Waals surface area contributed by atoms with Crippen LogP contribution in [0.4, 0.5) is 0 Å². The van der Waals surface area contributed by atoms with Crippen molar-refractivity contribution in [2.75, 3.05) is 0 Å². The molecule has 2 nitrogen and oxygen atoms in total. The summed E-state index contributed by atoms with van der Waals surface area (Å²) < 4.78 is 5.44. The van der Waals surface area contributed by atoms with Gasteiger partial charge in [0.25, 0.3) is 0 Å². The van der Waals surface area contributed by atoms with Crippen LogP contribution in [0.5, 0.6) is 0 Å². The Morgan fingerprint density at radius 1 is 1.17 bits per heavy atom. The van der Waals surface area contributed by atoms with E-state index in [2.05, 4.69) is 26.8 Å². The van der Waals surface area contributed by atoms with Crippen molar-refractivity contribution in [2.24, 2.45) is 5.41 Å². The minimum atomic E-state index is -0.194. The summed E-state index contributed by atoms with van der Waals surface area (Å²) in [6.45, 7) is 10.4. The Balaban J connectivity index is 2.70. The fourth-order valence-electron chi connectivity index (χ4n) is 2.24. The van der Waals surface area contributed by atoms with Gasteiger partial charge in [-0.3, -0.25) is 0 Å². The predicted octanol–water partition coefficient (Wildman–Crippen LogP) is 4.00. The van der Waals surface area contributed by atoms with Crippen LogP contribution in [-0.4, -0.2) is 0 Å². The van der Waals surface area contributed by atoms with Gasteiger partial charge in [-0.25, -0.2) is 4.79 Å². The third kappa shape index (κ3) is 2.47. The van der Waals surface area contributed by atoms with Crippen LogP contribution in [0.3, 0.4) is 0 Å². The fourth-order valence-corrected chi connectivity index (χ4v) is 2.24. The van der Waals surface area contributed by atoms with Gasteiger partial charge in [0.15, 0.2) is 0 Å². The van der Waals surface area contributed by atoms with Gasteiger partial charge in [0.05, 0.1) is 0 Å². The molecule has 1 aromatic heterocycles. The average molecular weight is 244 g/mol. The first-order valence-electron chi connectivity index (χ1n) is 6.31. The normalized spacial score (nSPS) is 12.1. The summed E-state index contributed by atoms with van der Waals surface area (Å²) >= 11 is 0. The molecule has 96 valence electrons. The van der Waals surface area contributed by atoms with E-state index in [-0.39, 0.29) is 11.0 Å². The molecule has 0 saturated heterocycles. The van der Waals surface area contributed by atoms with Crippen molar-refractivity contribution in [1.82, 2.24) is 0 Å². The largest absolute Gasteiger partial charge is 0.423 e. The van der Waals surface area contributed by atoms with E-state index in [1.807, 2.05) is 26.0 Å². The molecular formula is C16H20O2. The molecule has 0 bridgehead atoms. The summed E-state index contributed by atoms with van der Waals surface area (Å²) in [6.07, 6.45) is 0.741. The van der Waals surface area contributed by atoms with E-state index in [0.29, 0.717) is 5.58 Å². The van der Waals surface area contributed by atoms with E-state index in [0.717, 1.165) is 28.5 Å². The maximum Gasteiger partial charge on any atom is 0.339 e. The van der Waals surface area contributed by atoms with Crippen molar-refractivity contribution in [2.45, 2.75) is 41.0 Å². The lowest BCUT2D eigenvalue weighted by atomic mass is 9.86.